The average Bonchev–Trinajstić information content (AvgIpc) is 3.30. The second kappa shape index (κ2) is 12.3. The van der Waals surface area contributed by atoms with Crippen molar-refractivity contribution in [3.05, 3.63) is 65.9 Å². The number of aromatic nitrogens is 3. The van der Waals surface area contributed by atoms with Crippen molar-refractivity contribution in [1.82, 2.24) is 19.7 Å². The van der Waals surface area contributed by atoms with E-state index in [-0.39, 0.29) is 17.1 Å². The zero-order chi connectivity index (χ0) is 28.1. The molecular weight excluding hydrogens is 517 g/mol. The van der Waals surface area contributed by atoms with E-state index in [4.69, 9.17) is 18.9 Å². The summed E-state index contributed by atoms with van der Waals surface area (Å²) < 4.78 is 39.5. The Labute approximate surface area is 231 Å². The molecule has 11 heteroatoms. The first kappa shape index (κ1) is 27.4. The van der Waals surface area contributed by atoms with Gasteiger partial charge in [-0.05, 0) is 43.7 Å². The summed E-state index contributed by atoms with van der Waals surface area (Å²) in [5.41, 5.74) is 1.99. The molecular formula is C29H32FN5O5. The molecule has 4 aromatic rings. The summed E-state index contributed by atoms with van der Waals surface area (Å²) in [4.78, 5) is 19.3. The number of anilines is 1. The normalized spacial score (nSPS) is 13.8. The van der Waals surface area contributed by atoms with E-state index in [0.717, 1.165) is 45.0 Å². The molecule has 1 N–H and O–H groups in total. The minimum Gasteiger partial charge on any atom is -0.493 e. The van der Waals surface area contributed by atoms with Crippen LogP contribution in [0.4, 0.5) is 10.1 Å². The van der Waals surface area contributed by atoms with Gasteiger partial charge in [-0.1, -0.05) is 0 Å². The highest BCUT2D eigenvalue weighted by molar-refractivity contribution is 6.03. The fourth-order valence-electron chi connectivity index (χ4n) is 4.43. The Morgan fingerprint density at radius 1 is 1.07 bits per heavy atom. The van der Waals surface area contributed by atoms with E-state index in [1.54, 1.807) is 55.4 Å². The number of hydrogen-bond donors (Lipinski definition) is 1. The lowest BCUT2D eigenvalue weighted by Crippen LogP contribution is -2.37. The highest BCUT2D eigenvalue weighted by Gasteiger charge is 2.16. The zero-order valence-corrected chi connectivity index (χ0v) is 22.8. The van der Waals surface area contributed by atoms with Gasteiger partial charge >= 0.3 is 0 Å². The Kier molecular flexibility index (Phi) is 8.42. The van der Waals surface area contributed by atoms with Crippen molar-refractivity contribution in [1.29, 1.82) is 0 Å². The first-order valence-electron chi connectivity index (χ1n) is 13.1. The van der Waals surface area contributed by atoms with Crippen molar-refractivity contribution < 1.29 is 28.1 Å². The van der Waals surface area contributed by atoms with Crippen molar-refractivity contribution in [3.8, 4) is 23.0 Å². The van der Waals surface area contributed by atoms with Gasteiger partial charge in [0.2, 0.25) is 0 Å². The molecule has 1 aliphatic heterocycles. The molecule has 1 amide bonds. The highest BCUT2D eigenvalue weighted by Crippen LogP contribution is 2.38. The lowest BCUT2D eigenvalue weighted by atomic mass is 10.1. The molecule has 5 rings (SSSR count). The summed E-state index contributed by atoms with van der Waals surface area (Å²) in [5.74, 6) is 0.453. The van der Waals surface area contributed by atoms with Gasteiger partial charge in [-0.3, -0.25) is 19.4 Å². The van der Waals surface area contributed by atoms with Gasteiger partial charge in [0, 0.05) is 61.8 Å². The fourth-order valence-corrected chi connectivity index (χ4v) is 4.43. The van der Waals surface area contributed by atoms with Crippen LogP contribution < -0.4 is 19.5 Å². The van der Waals surface area contributed by atoms with Gasteiger partial charge in [0.1, 0.15) is 5.75 Å². The van der Waals surface area contributed by atoms with Gasteiger partial charge in [-0.25, -0.2) is 4.39 Å². The van der Waals surface area contributed by atoms with Crippen molar-refractivity contribution in [2.75, 3.05) is 51.9 Å². The molecule has 2 aromatic carbocycles. The number of morpholine rings is 1. The van der Waals surface area contributed by atoms with Crippen LogP contribution >= 0.6 is 0 Å². The van der Waals surface area contributed by atoms with Crippen LogP contribution in [0.15, 0.2) is 48.7 Å². The first-order valence-corrected chi connectivity index (χ1v) is 13.1. The number of nitrogens with zero attached hydrogens (tertiary/aromatic N) is 4. The van der Waals surface area contributed by atoms with Crippen LogP contribution in [0.3, 0.4) is 0 Å². The number of rotatable bonds is 10. The van der Waals surface area contributed by atoms with E-state index in [1.165, 1.54) is 12.1 Å². The number of fused-ring (bicyclic) bond motifs is 1. The molecule has 40 heavy (non-hydrogen) atoms. The molecule has 210 valence electrons. The molecule has 1 saturated heterocycles. The summed E-state index contributed by atoms with van der Waals surface area (Å²) in [6, 6.07) is 11.1. The Balaban J connectivity index is 1.27. The van der Waals surface area contributed by atoms with E-state index >= 15 is 4.39 Å². The Morgan fingerprint density at radius 2 is 1.90 bits per heavy atom. The molecule has 0 radical (unpaired) electrons. The smallest absolute Gasteiger partial charge is 0.276 e. The quantitative estimate of drug-likeness (QED) is 0.287. The SMILES string of the molecule is COc1cc2c(Oc3ccc(NC(=O)c4cc(C)n(C)n4)cc3F)ccnc2cc1OCCCN1CCOCC1. The predicted octanol–water partition coefficient (Wildman–Crippen LogP) is 4.57. The number of hydrogen-bond acceptors (Lipinski definition) is 8. The number of nitrogens with one attached hydrogen (secondary N) is 1. The van der Waals surface area contributed by atoms with Crippen molar-refractivity contribution in [2.45, 2.75) is 13.3 Å². The number of methoxy groups -OCH3 is 1. The van der Waals surface area contributed by atoms with E-state index in [2.05, 4.69) is 20.3 Å². The maximum Gasteiger partial charge on any atom is 0.276 e. The molecule has 0 spiro atoms. The lowest BCUT2D eigenvalue weighted by Gasteiger charge is -2.26. The average molecular weight is 550 g/mol. The van der Waals surface area contributed by atoms with Gasteiger partial charge in [0.05, 0.1) is 32.4 Å². The van der Waals surface area contributed by atoms with Crippen LogP contribution in [0.5, 0.6) is 23.0 Å². The predicted molar refractivity (Wildman–Crippen MR) is 148 cm³/mol. The standard InChI is InChI=1S/C29H32FN5O5/c1-19-15-24(33-34(19)2)29(36)32-20-5-6-26(22(30)16-20)40-25-7-8-31-23-18-28(27(37-3)17-21(23)25)39-12-4-9-35-10-13-38-14-11-35/h5-8,15-18H,4,9-14H2,1-3H3,(H,32,36). The second-order valence-corrected chi connectivity index (χ2v) is 9.48. The van der Waals surface area contributed by atoms with Crippen LogP contribution in [0, 0.1) is 12.7 Å². The molecule has 1 aliphatic rings. The number of amides is 1. The van der Waals surface area contributed by atoms with E-state index in [1.807, 2.05) is 6.92 Å². The lowest BCUT2D eigenvalue weighted by molar-refractivity contribution is 0.0357. The van der Waals surface area contributed by atoms with Crippen molar-refractivity contribution >= 4 is 22.5 Å². The van der Waals surface area contributed by atoms with Crippen molar-refractivity contribution in [3.63, 3.8) is 0 Å². The molecule has 0 saturated carbocycles. The van der Waals surface area contributed by atoms with Gasteiger partial charge in [-0.2, -0.15) is 5.10 Å². The summed E-state index contributed by atoms with van der Waals surface area (Å²) in [7, 11) is 3.32. The van der Waals surface area contributed by atoms with Crippen LogP contribution in [-0.4, -0.2) is 72.1 Å². The number of carbonyl (C=O) groups is 1. The number of carbonyl (C=O) groups excluding carboxylic acids is 1. The Morgan fingerprint density at radius 3 is 2.62 bits per heavy atom. The number of halogens is 1. The van der Waals surface area contributed by atoms with Gasteiger partial charge < -0.3 is 24.3 Å². The summed E-state index contributed by atoms with van der Waals surface area (Å²) in [6.45, 7) is 6.73. The Hall–Kier alpha value is -4.22. The molecule has 3 heterocycles. The number of ether oxygens (including phenoxy) is 4. The van der Waals surface area contributed by atoms with Gasteiger partial charge in [-0.15, -0.1) is 0 Å². The molecule has 0 bridgehead atoms. The summed E-state index contributed by atoms with van der Waals surface area (Å²) in [5, 5.41) is 7.45. The molecule has 0 aliphatic carbocycles. The summed E-state index contributed by atoms with van der Waals surface area (Å²) in [6.07, 6.45) is 2.46. The molecule has 0 unspecified atom stereocenters. The largest absolute Gasteiger partial charge is 0.493 e. The minimum absolute atomic E-state index is 0.00147. The highest BCUT2D eigenvalue weighted by atomic mass is 19.1. The van der Waals surface area contributed by atoms with Gasteiger partial charge in [0.25, 0.3) is 5.91 Å². The maximum absolute atomic E-state index is 15.0. The third-order valence-electron chi connectivity index (χ3n) is 6.72. The monoisotopic (exact) mass is 549 g/mol. The maximum atomic E-state index is 15.0. The van der Waals surface area contributed by atoms with Crippen LogP contribution in [0.1, 0.15) is 22.6 Å². The van der Waals surface area contributed by atoms with Crippen LogP contribution in [0.25, 0.3) is 10.9 Å². The van der Waals surface area contributed by atoms with Gasteiger partial charge in [0.15, 0.2) is 28.8 Å². The summed E-state index contributed by atoms with van der Waals surface area (Å²) >= 11 is 0. The second-order valence-electron chi connectivity index (χ2n) is 9.48. The number of pyridine rings is 1. The molecule has 10 nitrogen and oxygen atoms in total. The molecule has 1 fully saturated rings. The van der Waals surface area contributed by atoms with E-state index in [9.17, 15) is 4.79 Å². The third-order valence-corrected chi connectivity index (χ3v) is 6.72. The topological polar surface area (TPSA) is 100.0 Å². The number of benzene rings is 2. The fraction of sp³-hybridized carbons (Fsp3) is 0.345. The zero-order valence-electron chi connectivity index (χ0n) is 22.8. The minimum atomic E-state index is -0.632. The number of aryl methyl sites for hydroxylation is 2. The molecule has 2 aromatic heterocycles. The van der Waals surface area contributed by atoms with Crippen LogP contribution in [-0.2, 0) is 11.8 Å². The van der Waals surface area contributed by atoms with E-state index < -0.39 is 11.7 Å². The third kappa shape index (κ3) is 6.32. The van der Waals surface area contributed by atoms with E-state index in [0.29, 0.717) is 34.8 Å². The van der Waals surface area contributed by atoms with Crippen LogP contribution in [0.2, 0.25) is 0 Å². The van der Waals surface area contributed by atoms with Crippen molar-refractivity contribution in [2.24, 2.45) is 7.05 Å². The molecule has 0 atom stereocenters. The first-order chi connectivity index (χ1) is 19.4. The Bertz CT molecular complexity index is 1480.